The van der Waals surface area contributed by atoms with Crippen molar-refractivity contribution in [3.05, 3.63) is 224 Å². The fraction of sp³-hybridized carbons (Fsp3) is 0. The molecule has 0 saturated heterocycles. The van der Waals surface area contributed by atoms with Crippen LogP contribution in [0.3, 0.4) is 0 Å². The third-order valence-electron chi connectivity index (χ3n) is 14.1. The Labute approximate surface area is 394 Å². The predicted octanol–water partition coefficient (Wildman–Crippen LogP) is 16.4. The molecule has 0 amide bonds. The molecule has 0 radical (unpaired) electrons. The van der Waals surface area contributed by atoms with Crippen molar-refractivity contribution in [3.63, 3.8) is 0 Å². The van der Waals surface area contributed by atoms with Gasteiger partial charge in [-0.15, -0.1) is 0 Å². The van der Waals surface area contributed by atoms with Crippen LogP contribution in [0.2, 0.25) is 0 Å². The number of para-hydroxylation sites is 4. The fourth-order valence-electron chi connectivity index (χ4n) is 11.0. The van der Waals surface area contributed by atoms with Crippen LogP contribution in [0.15, 0.2) is 229 Å². The number of furan rings is 1. The Hall–Kier alpha value is -9.39. The van der Waals surface area contributed by atoms with Crippen molar-refractivity contribution < 1.29 is 4.42 Å². The van der Waals surface area contributed by atoms with Crippen molar-refractivity contribution >= 4 is 97.9 Å². The third kappa shape index (κ3) is 5.69. The van der Waals surface area contributed by atoms with Crippen LogP contribution in [-0.2, 0) is 0 Å². The van der Waals surface area contributed by atoms with Crippen molar-refractivity contribution in [1.82, 2.24) is 24.1 Å². The van der Waals surface area contributed by atoms with E-state index in [1.165, 1.54) is 27.1 Å². The highest BCUT2D eigenvalue weighted by Gasteiger charge is 2.23. The zero-order chi connectivity index (χ0) is 45.2. The van der Waals surface area contributed by atoms with E-state index in [4.69, 9.17) is 19.4 Å². The summed E-state index contributed by atoms with van der Waals surface area (Å²) in [6.07, 6.45) is 0. The highest BCUT2D eigenvalue weighted by atomic mass is 16.3. The van der Waals surface area contributed by atoms with Gasteiger partial charge in [0, 0.05) is 60.4 Å². The predicted molar refractivity (Wildman–Crippen MR) is 285 cm³/mol. The van der Waals surface area contributed by atoms with Crippen LogP contribution in [0.1, 0.15) is 0 Å². The largest absolute Gasteiger partial charge is 0.456 e. The zero-order valence-electron chi connectivity index (χ0n) is 37.0. The molecule has 11 aromatic carbocycles. The summed E-state index contributed by atoms with van der Waals surface area (Å²) in [5, 5.41) is 13.6. The van der Waals surface area contributed by atoms with Crippen molar-refractivity contribution in [2.24, 2.45) is 0 Å². The SMILES string of the molecule is c1ccc(-n2c3ccccc3c3cccc(-c4nc(-c5ccc6ccccc6c5)nc(-c5cccc6oc7ccc8ccc(-n9c%10ccccc%10c%10cc%11ccccc%11cc%109)cc8c7c56)n4)c32)cc1. The van der Waals surface area contributed by atoms with Gasteiger partial charge in [-0.2, -0.15) is 0 Å². The Morgan fingerprint density at radius 1 is 0.304 bits per heavy atom. The van der Waals surface area contributed by atoms with Gasteiger partial charge in [-0.05, 0) is 105 Å². The van der Waals surface area contributed by atoms with E-state index in [0.717, 1.165) is 98.9 Å². The summed E-state index contributed by atoms with van der Waals surface area (Å²) in [5.74, 6) is 1.75. The molecule has 15 aromatic rings. The Morgan fingerprint density at radius 3 is 1.72 bits per heavy atom. The van der Waals surface area contributed by atoms with Gasteiger partial charge in [0.1, 0.15) is 11.2 Å². The van der Waals surface area contributed by atoms with Gasteiger partial charge in [0.15, 0.2) is 17.5 Å². The van der Waals surface area contributed by atoms with E-state index in [-0.39, 0.29) is 0 Å². The number of hydrogen-bond donors (Lipinski definition) is 0. The molecule has 0 spiro atoms. The molecular weight excluding hydrogens is 843 g/mol. The standard InChI is InChI=1S/C63H37N5O/c1-2-18-44(19-3-1)68-54-26-11-8-20-46(54)48-22-12-24-50(60(48)68)63-65-61(43-29-28-38-14-4-5-15-40(38)34-43)64-62(66-63)49-23-13-27-56-58(49)59-51-37-45(32-30-39(51)31-33-57(59)69-56)67-53-25-10-9-21-47(53)52-35-41-16-6-7-17-42(41)36-55(52)67/h1-37H. The van der Waals surface area contributed by atoms with E-state index < -0.39 is 0 Å². The molecule has 0 atom stereocenters. The second-order valence-corrected chi connectivity index (χ2v) is 18.0. The molecule has 0 bridgehead atoms. The van der Waals surface area contributed by atoms with Gasteiger partial charge in [0.05, 0.1) is 22.1 Å². The summed E-state index contributed by atoms with van der Waals surface area (Å²) in [7, 11) is 0. The van der Waals surface area contributed by atoms with Gasteiger partial charge in [-0.1, -0.05) is 152 Å². The van der Waals surface area contributed by atoms with Gasteiger partial charge in [0.2, 0.25) is 0 Å². The summed E-state index contributed by atoms with van der Waals surface area (Å²) in [5.41, 5.74) is 10.9. The van der Waals surface area contributed by atoms with E-state index in [2.05, 4.69) is 228 Å². The first-order valence-corrected chi connectivity index (χ1v) is 23.3. The quantitative estimate of drug-likeness (QED) is 0.173. The van der Waals surface area contributed by atoms with Crippen LogP contribution in [0.25, 0.3) is 143 Å². The summed E-state index contributed by atoms with van der Waals surface area (Å²) >= 11 is 0. The second-order valence-electron chi connectivity index (χ2n) is 18.0. The Bertz CT molecular complexity index is 4620. The molecule has 6 heteroatoms. The molecule has 6 nitrogen and oxygen atoms in total. The first-order valence-electron chi connectivity index (χ1n) is 23.3. The maximum absolute atomic E-state index is 6.79. The highest BCUT2D eigenvalue weighted by Crippen LogP contribution is 2.43. The lowest BCUT2D eigenvalue weighted by Crippen LogP contribution is -2.02. The van der Waals surface area contributed by atoms with Crippen molar-refractivity contribution in [2.75, 3.05) is 0 Å². The van der Waals surface area contributed by atoms with Gasteiger partial charge in [0.25, 0.3) is 0 Å². The lowest BCUT2D eigenvalue weighted by Gasteiger charge is -2.13. The fourth-order valence-corrected chi connectivity index (χ4v) is 11.0. The number of aromatic nitrogens is 5. The van der Waals surface area contributed by atoms with Crippen LogP contribution in [0, 0.1) is 0 Å². The topological polar surface area (TPSA) is 61.7 Å². The summed E-state index contributed by atoms with van der Waals surface area (Å²) in [6, 6.07) is 79.7. The number of nitrogens with zero attached hydrogens (tertiary/aromatic N) is 5. The Kier molecular flexibility index (Phi) is 7.97. The zero-order valence-corrected chi connectivity index (χ0v) is 37.0. The normalized spacial score (nSPS) is 12.1. The molecule has 0 fully saturated rings. The molecule has 0 aliphatic heterocycles. The number of hydrogen-bond acceptors (Lipinski definition) is 4. The van der Waals surface area contributed by atoms with Crippen molar-refractivity contribution in [2.45, 2.75) is 0 Å². The molecule has 4 heterocycles. The maximum atomic E-state index is 6.79. The molecule has 0 aliphatic carbocycles. The van der Waals surface area contributed by atoms with Crippen LogP contribution in [0.5, 0.6) is 0 Å². The second kappa shape index (κ2) is 14.6. The lowest BCUT2D eigenvalue weighted by molar-refractivity contribution is 0.669. The summed E-state index contributed by atoms with van der Waals surface area (Å²) in [4.78, 5) is 16.3. The minimum absolute atomic E-state index is 0.568. The van der Waals surface area contributed by atoms with Crippen molar-refractivity contribution in [1.29, 1.82) is 0 Å². The van der Waals surface area contributed by atoms with E-state index >= 15 is 0 Å². The first-order chi connectivity index (χ1) is 34.2. The smallest absolute Gasteiger partial charge is 0.166 e. The number of benzene rings is 11. The lowest BCUT2D eigenvalue weighted by atomic mass is 9.99. The Morgan fingerprint density at radius 2 is 0.899 bits per heavy atom. The number of fused-ring (bicyclic) bond motifs is 13. The number of rotatable bonds is 5. The Balaban J connectivity index is 1.01. The van der Waals surface area contributed by atoms with Crippen LogP contribution in [-0.4, -0.2) is 24.1 Å². The molecule has 4 aromatic heterocycles. The van der Waals surface area contributed by atoms with Crippen LogP contribution < -0.4 is 0 Å². The van der Waals surface area contributed by atoms with E-state index in [9.17, 15) is 0 Å². The molecule has 0 unspecified atom stereocenters. The third-order valence-corrected chi connectivity index (χ3v) is 14.1. The summed E-state index contributed by atoms with van der Waals surface area (Å²) in [6.45, 7) is 0. The van der Waals surface area contributed by atoms with Gasteiger partial charge < -0.3 is 13.6 Å². The maximum Gasteiger partial charge on any atom is 0.166 e. The molecule has 15 rings (SSSR count). The van der Waals surface area contributed by atoms with E-state index in [0.29, 0.717) is 17.5 Å². The molecule has 320 valence electrons. The van der Waals surface area contributed by atoms with Gasteiger partial charge in [-0.3, -0.25) is 0 Å². The molecule has 69 heavy (non-hydrogen) atoms. The molecule has 0 aliphatic rings. The van der Waals surface area contributed by atoms with Gasteiger partial charge in [-0.25, -0.2) is 15.0 Å². The molecule has 0 N–H and O–H groups in total. The summed E-state index contributed by atoms with van der Waals surface area (Å²) < 4.78 is 11.5. The first kappa shape index (κ1) is 37.8. The molecule has 0 saturated carbocycles. The van der Waals surface area contributed by atoms with Crippen molar-refractivity contribution in [3.8, 4) is 45.5 Å². The van der Waals surface area contributed by atoms with E-state index in [1.54, 1.807) is 0 Å². The monoisotopic (exact) mass is 879 g/mol. The highest BCUT2D eigenvalue weighted by molar-refractivity contribution is 6.23. The minimum atomic E-state index is 0.568. The average molecular weight is 880 g/mol. The van der Waals surface area contributed by atoms with Gasteiger partial charge >= 0.3 is 0 Å². The van der Waals surface area contributed by atoms with Crippen LogP contribution in [0.4, 0.5) is 0 Å². The van der Waals surface area contributed by atoms with Crippen LogP contribution >= 0.6 is 0 Å². The van der Waals surface area contributed by atoms with E-state index in [1.807, 2.05) is 6.07 Å². The average Bonchev–Trinajstić information content (AvgIpc) is 4.08. The molecular formula is C63H37N5O. The minimum Gasteiger partial charge on any atom is -0.456 e.